The van der Waals surface area contributed by atoms with E-state index in [1.165, 1.54) is 19.4 Å². The average Bonchev–Trinajstić information content (AvgIpc) is 2.97. The van der Waals surface area contributed by atoms with Gasteiger partial charge < -0.3 is 14.2 Å². The Morgan fingerprint density at radius 1 is 0.929 bits per heavy atom. The third kappa shape index (κ3) is 7.47. The molecule has 1 amide bonds. The van der Waals surface area contributed by atoms with Crippen molar-refractivity contribution in [3.63, 3.8) is 0 Å². The predicted molar refractivity (Wildman–Crippen MR) is 160 cm³/mol. The number of nitrogens with one attached hydrogen (secondary N) is 1. The van der Waals surface area contributed by atoms with E-state index >= 15 is 0 Å². The summed E-state index contributed by atoms with van der Waals surface area (Å²) in [4.78, 5) is 33.9. The van der Waals surface area contributed by atoms with E-state index in [4.69, 9.17) is 14.2 Å². The summed E-state index contributed by atoms with van der Waals surface area (Å²) in [6.45, 7) is 0.322. The summed E-state index contributed by atoms with van der Waals surface area (Å²) in [7, 11) is 1.46. The molecule has 0 bridgehead atoms. The van der Waals surface area contributed by atoms with Gasteiger partial charge in [-0.2, -0.15) is 5.10 Å². The van der Waals surface area contributed by atoms with Crippen LogP contribution in [0.15, 0.2) is 92.9 Å². The smallest absolute Gasteiger partial charge is 0.318 e. The largest absolute Gasteiger partial charge is 0.493 e. The summed E-state index contributed by atoms with van der Waals surface area (Å²) in [6.07, 6.45) is 1.29. The zero-order valence-corrected chi connectivity index (χ0v) is 24.8. The van der Waals surface area contributed by atoms with Gasteiger partial charge in [0.25, 0.3) is 11.6 Å². The number of hydrogen-bond acceptors (Lipinski definition) is 9. The molecule has 0 spiro atoms. The van der Waals surface area contributed by atoms with Crippen molar-refractivity contribution in [3.05, 3.63) is 125 Å². The maximum Gasteiger partial charge on any atom is 0.318 e. The lowest BCUT2D eigenvalue weighted by Gasteiger charge is -2.12. The van der Waals surface area contributed by atoms with E-state index in [0.717, 1.165) is 23.8 Å². The van der Waals surface area contributed by atoms with Crippen molar-refractivity contribution in [2.45, 2.75) is 6.61 Å². The van der Waals surface area contributed by atoms with E-state index in [9.17, 15) is 25.0 Å². The molecule has 4 aromatic carbocycles. The molecule has 0 heterocycles. The fourth-order valence-electron chi connectivity index (χ4n) is 3.63. The molecular formula is C28H20Br2N4O8. The molecule has 0 aliphatic rings. The van der Waals surface area contributed by atoms with Crippen molar-refractivity contribution in [1.82, 2.24) is 5.43 Å². The SMILES string of the molecule is COc1cc(C(=O)N/N=C/c2cc(Br)cc(Br)c2Oc2ccc([N+](=O)[O-])cc2[N+](=O)[O-])ccc1OCc1ccccc1. The van der Waals surface area contributed by atoms with E-state index in [-0.39, 0.29) is 17.1 Å². The number of hydrogen-bond donors (Lipinski definition) is 1. The number of carbonyl (C=O) groups is 1. The molecule has 42 heavy (non-hydrogen) atoms. The molecule has 0 atom stereocenters. The Labute approximate surface area is 255 Å². The topological polar surface area (TPSA) is 155 Å². The Balaban J connectivity index is 1.52. The molecule has 0 radical (unpaired) electrons. The van der Waals surface area contributed by atoms with E-state index in [2.05, 4.69) is 42.4 Å². The van der Waals surface area contributed by atoms with Gasteiger partial charge in [0.1, 0.15) is 6.61 Å². The van der Waals surface area contributed by atoms with E-state index < -0.39 is 27.1 Å². The second kappa shape index (κ2) is 13.7. The van der Waals surface area contributed by atoms with Crippen molar-refractivity contribution in [3.8, 4) is 23.0 Å². The highest BCUT2D eigenvalue weighted by atomic mass is 79.9. The minimum Gasteiger partial charge on any atom is -0.493 e. The first-order chi connectivity index (χ1) is 20.2. The van der Waals surface area contributed by atoms with Gasteiger partial charge >= 0.3 is 5.69 Å². The zero-order chi connectivity index (χ0) is 30.2. The van der Waals surface area contributed by atoms with Gasteiger partial charge in [0, 0.05) is 21.7 Å². The van der Waals surface area contributed by atoms with Crippen LogP contribution in [0.4, 0.5) is 11.4 Å². The summed E-state index contributed by atoms with van der Waals surface area (Å²) >= 11 is 6.71. The van der Waals surface area contributed by atoms with Crippen molar-refractivity contribution >= 4 is 55.4 Å². The maximum atomic E-state index is 12.8. The van der Waals surface area contributed by atoms with Gasteiger partial charge in [0.05, 0.1) is 33.7 Å². The zero-order valence-electron chi connectivity index (χ0n) is 21.7. The van der Waals surface area contributed by atoms with Crippen LogP contribution in [0.3, 0.4) is 0 Å². The molecule has 214 valence electrons. The molecule has 0 unspecified atom stereocenters. The second-order valence-corrected chi connectivity index (χ2v) is 10.2. The Hall–Kier alpha value is -4.82. The molecule has 0 saturated carbocycles. The third-order valence-electron chi connectivity index (χ3n) is 5.63. The number of methoxy groups -OCH3 is 1. The second-order valence-electron chi connectivity index (χ2n) is 8.41. The fraction of sp³-hybridized carbons (Fsp3) is 0.0714. The number of amides is 1. The van der Waals surface area contributed by atoms with Crippen LogP contribution in [0.5, 0.6) is 23.0 Å². The first-order valence-corrected chi connectivity index (χ1v) is 13.5. The molecule has 4 rings (SSSR count). The van der Waals surface area contributed by atoms with Crippen LogP contribution >= 0.6 is 31.9 Å². The molecule has 0 aromatic heterocycles. The summed E-state index contributed by atoms with van der Waals surface area (Å²) < 4.78 is 18.0. The fourth-order valence-corrected chi connectivity index (χ4v) is 4.97. The monoisotopic (exact) mass is 698 g/mol. The molecular weight excluding hydrogens is 680 g/mol. The van der Waals surface area contributed by atoms with E-state index in [0.29, 0.717) is 32.6 Å². The number of non-ortho nitro benzene ring substituents is 1. The molecule has 0 aliphatic heterocycles. The predicted octanol–water partition coefficient (Wildman–Crippen LogP) is 7.17. The molecule has 0 aliphatic carbocycles. The molecule has 1 N–H and O–H groups in total. The van der Waals surface area contributed by atoms with Crippen LogP contribution in [0, 0.1) is 20.2 Å². The summed E-state index contributed by atoms with van der Waals surface area (Å²) in [5, 5.41) is 26.6. The number of halogens is 2. The standard InChI is InChI=1S/C28H20Br2N4O8/c1-40-26-12-18(7-9-25(26)41-16-17-5-3-2-4-6-17)28(35)32-31-15-19-11-20(29)13-22(30)27(19)42-24-10-8-21(33(36)37)14-23(24)34(38)39/h2-15H,16H2,1H3,(H,32,35)/b31-15+. The minimum absolute atomic E-state index is 0.120. The molecule has 0 fully saturated rings. The lowest BCUT2D eigenvalue weighted by Crippen LogP contribution is -2.17. The number of carbonyl (C=O) groups excluding carboxylic acids is 1. The summed E-state index contributed by atoms with van der Waals surface area (Å²) in [5.74, 6) is 0.173. The van der Waals surface area contributed by atoms with Gasteiger partial charge in [-0.3, -0.25) is 25.0 Å². The maximum absolute atomic E-state index is 12.8. The number of nitrogens with zero attached hydrogens (tertiary/aromatic N) is 3. The van der Waals surface area contributed by atoms with Crippen molar-refractivity contribution in [1.29, 1.82) is 0 Å². The highest BCUT2D eigenvalue weighted by molar-refractivity contribution is 9.11. The lowest BCUT2D eigenvalue weighted by molar-refractivity contribution is -0.394. The Bertz CT molecular complexity index is 1680. The number of nitro benzene ring substituents is 2. The van der Waals surface area contributed by atoms with Gasteiger partial charge in [-0.1, -0.05) is 46.3 Å². The van der Waals surface area contributed by atoms with Crippen LogP contribution in [-0.4, -0.2) is 29.1 Å². The highest BCUT2D eigenvalue weighted by Gasteiger charge is 2.23. The number of rotatable bonds is 11. The van der Waals surface area contributed by atoms with Gasteiger partial charge in [-0.15, -0.1) is 0 Å². The molecule has 12 nitrogen and oxygen atoms in total. The lowest BCUT2D eigenvalue weighted by atomic mass is 10.2. The van der Waals surface area contributed by atoms with Gasteiger partial charge in [-0.05, 0) is 57.9 Å². The minimum atomic E-state index is -0.782. The van der Waals surface area contributed by atoms with Crippen LogP contribution < -0.4 is 19.6 Å². The van der Waals surface area contributed by atoms with Crippen LogP contribution in [0.1, 0.15) is 21.5 Å². The van der Waals surface area contributed by atoms with Gasteiger partial charge in [0.2, 0.25) is 5.75 Å². The van der Waals surface area contributed by atoms with Crippen molar-refractivity contribution in [2.75, 3.05) is 7.11 Å². The van der Waals surface area contributed by atoms with Crippen molar-refractivity contribution in [2.24, 2.45) is 5.10 Å². The van der Waals surface area contributed by atoms with Crippen LogP contribution in [-0.2, 0) is 6.61 Å². The van der Waals surface area contributed by atoms with E-state index in [1.54, 1.807) is 24.3 Å². The number of benzene rings is 4. The number of hydrazone groups is 1. The van der Waals surface area contributed by atoms with Gasteiger partial charge in [-0.25, -0.2) is 5.43 Å². The average molecular weight is 700 g/mol. The molecule has 0 saturated heterocycles. The van der Waals surface area contributed by atoms with Crippen LogP contribution in [0.25, 0.3) is 0 Å². The highest BCUT2D eigenvalue weighted by Crippen LogP contribution is 2.40. The molecule has 4 aromatic rings. The van der Waals surface area contributed by atoms with Crippen molar-refractivity contribution < 1.29 is 28.9 Å². The quantitative estimate of drug-likeness (QED) is 0.0981. The Morgan fingerprint density at radius 3 is 2.36 bits per heavy atom. The van der Waals surface area contributed by atoms with E-state index in [1.807, 2.05) is 30.3 Å². The normalized spacial score (nSPS) is 10.7. The summed E-state index contributed by atoms with van der Waals surface area (Å²) in [5.41, 5.74) is 2.92. The first-order valence-electron chi connectivity index (χ1n) is 11.9. The Kier molecular flexibility index (Phi) is 9.83. The Morgan fingerprint density at radius 2 is 1.67 bits per heavy atom. The first kappa shape index (κ1) is 30.1. The number of ether oxygens (including phenoxy) is 3. The summed E-state index contributed by atoms with van der Waals surface area (Å²) in [6, 6.07) is 20.6. The third-order valence-corrected chi connectivity index (χ3v) is 6.68. The molecule has 14 heteroatoms. The van der Waals surface area contributed by atoms with Gasteiger partial charge in [0.15, 0.2) is 17.2 Å². The number of nitro groups is 2. The van der Waals surface area contributed by atoms with Crippen LogP contribution in [0.2, 0.25) is 0 Å².